The van der Waals surface area contributed by atoms with Gasteiger partial charge in [-0.05, 0) is 35.2 Å². The Morgan fingerprint density at radius 2 is 2.46 bits per heavy atom. The molecule has 1 unspecified atom stereocenters. The summed E-state index contributed by atoms with van der Waals surface area (Å²) in [6.45, 7) is 0.877. The molecule has 13 heavy (non-hydrogen) atoms. The fourth-order valence-electron chi connectivity index (χ4n) is 1.74. The number of aromatic nitrogens is 2. The third kappa shape index (κ3) is 1.79. The first-order valence-corrected chi connectivity index (χ1v) is 5.37. The Balaban J connectivity index is 2.22. The second-order valence-electron chi connectivity index (χ2n) is 3.36. The summed E-state index contributed by atoms with van der Waals surface area (Å²) in [7, 11) is 1.96. The molecule has 2 heterocycles. The van der Waals surface area contributed by atoms with Gasteiger partial charge in [0.25, 0.3) is 0 Å². The molecule has 1 aliphatic heterocycles. The summed E-state index contributed by atoms with van der Waals surface area (Å²) in [5.74, 6) is 0. The minimum absolute atomic E-state index is 0.232. The first-order chi connectivity index (χ1) is 6.29. The summed E-state index contributed by atoms with van der Waals surface area (Å²) in [6, 6.07) is 0. The zero-order valence-corrected chi connectivity index (χ0v) is 9.25. The largest absolute Gasteiger partial charge is 0.372 e. The molecule has 4 heteroatoms. The number of ether oxygens (including phenoxy) is 1. The summed E-state index contributed by atoms with van der Waals surface area (Å²) < 4.78 is 8.64. The highest BCUT2D eigenvalue weighted by atomic mass is 79.9. The molecule has 0 radical (unpaired) electrons. The molecule has 1 atom stereocenters. The number of aryl methyl sites for hydroxylation is 1. The van der Waals surface area contributed by atoms with Gasteiger partial charge < -0.3 is 4.74 Å². The topological polar surface area (TPSA) is 27.1 Å². The number of hydrogen-bond donors (Lipinski definition) is 0. The van der Waals surface area contributed by atoms with Crippen molar-refractivity contribution in [3.05, 3.63) is 16.4 Å². The lowest BCUT2D eigenvalue weighted by atomic mass is 10.1. The second kappa shape index (κ2) is 3.80. The van der Waals surface area contributed by atoms with Crippen LogP contribution in [0.1, 0.15) is 31.1 Å². The zero-order chi connectivity index (χ0) is 9.26. The molecule has 1 aliphatic rings. The summed E-state index contributed by atoms with van der Waals surface area (Å²) in [4.78, 5) is 0. The Morgan fingerprint density at radius 1 is 1.62 bits per heavy atom. The normalized spacial score (nSPS) is 23.4. The maximum atomic E-state index is 5.69. The lowest BCUT2D eigenvalue weighted by molar-refractivity contribution is 0.00962. The Bertz CT molecular complexity index is 272. The van der Waals surface area contributed by atoms with Gasteiger partial charge in [-0.3, -0.25) is 4.68 Å². The average molecular weight is 245 g/mol. The molecular formula is C9H13BrN2O. The van der Waals surface area contributed by atoms with Crippen LogP contribution in [0, 0.1) is 0 Å². The fourth-order valence-corrected chi connectivity index (χ4v) is 2.34. The van der Waals surface area contributed by atoms with E-state index < -0.39 is 0 Å². The van der Waals surface area contributed by atoms with Gasteiger partial charge in [0.2, 0.25) is 0 Å². The predicted octanol–water partition coefficient (Wildman–Crippen LogP) is 2.42. The molecule has 1 saturated heterocycles. The number of hydrogen-bond acceptors (Lipinski definition) is 2. The van der Waals surface area contributed by atoms with Crippen LogP contribution in [0.5, 0.6) is 0 Å². The molecular weight excluding hydrogens is 232 g/mol. The molecule has 1 aromatic rings. The van der Waals surface area contributed by atoms with Crippen molar-refractivity contribution in [2.24, 2.45) is 7.05 Å². The molecule has 0 saturated carbocycles. The average Bonchev–Trinajstić information content (AvgIpc) is 2.48. The van der Waals surface area contributed by atoms with Crippen LogP contribution in [-0.4, -0.2) is 16.4 Å². The van der Waals surface area contributed by atoms with Gasteiger partial charge in [-0.1, -0.05) is 0 Å². The molecule has 0 amide bonds. The second-order valence-corrected chi connectivity index (χ2v) is 4.21. The van der Waals surface area contributed by atoms with Crippen molar-refractivity contribution < 1.29 is 4.74 Å². The third-order valence-electron chi connectivity index (χ3n) is 2.42. The van der Waals surface area contributed by atoms with Crippen LogP contribution in [0.25, 0.3) is 0 Å². The minimum Gasteiger partial charge on any atom is -0.372 e. The predicted molar refractivity (Wildman–Crippen MR) is 53.5 cm³/mol. The van der Waals surface area contributed by atoms with E-state index in [-0.39, 0.29) is 6.10 Å². The monoisotopic (exact) mass is 244 g/mol. The van der Waals surface area contributed by atoms with E-state index in [1.807, 2.05) is 17.9 Å². The molecule has 0 spiro atoms. The molecule has 0 aromatic carbocycles. The Morgan fingerprint density at radius 3 is 3.00 bits per heavy atom. The number of halogens is 1. The highest BCUT2D eigenvalue weighted by Crippen LogP contribution is 2.31. The molecule has 0 aliphatic carbocycles. The lowest BCUT2D eigenvalue weighted by Gasteiger charge is -2.23. The fraction of sp³-hybridized carbons (Fsp3) is 0.667. The van der Waals surface area contributed by atoms with Crippen molar-refractivity contribution in [2.75, 3.05) is 6.61 Å². The summed E-state index contributed by atoms with van der Waals surface area (Å²) in [5, 5.41) is 4.18. The van der Waals surface area contributed by atoms with Crippen LogP contribution in [0.15, 0.2) is 10.7 Å². The van der Waals surface area contributed by atoms with E-state index in [1.54, 1.807) is 0 Å². The standard InChI is InChI=1S/C9H13BrN2O/c1-12-9(7(10)6-11-12)8-4-2-3-5-13-8/h6,8H,2-5H2,1H3. The van der Waals surface area contributed by atoms with Gasteiger partial charge in [0.1, 0.15) is 6.10 Å². The molecule has 1 aromatic heterocycles. The van der Waals surface area contributed by atoms with Crippen molar-refractivity contribution >= 4 is 15.9 Å². The van der Waals surface area contributed by atoms with Crippen LogP contribution in [0.4, 0.5) is 0 Å². The van der Waals surface area contributed by atoms with Crippen LogP contribution in [0.2, 0.25) is 0 Å². The van der Waals surface area contributed by atoms with E-state index in [2.05, 4.69) is 21.0 Å². The minimum atomic E-state index is 0.232. The maximum Gasteiger partial charge on any atom is 0.100 e. The molecule has 2 rings (SSSR count). The van der Waals surface area contributed by atoms with Crippen LogP contribution >= 0.6 is 15.9 Å². The van der Waals surface area contributed by atoms with Gasteiger partial charge in [0, 0.05) is 13.7 Å². The Kier molecular flexibility index (Phi) is 2.69. The van der Waals surface area contributed by atoms with E-state index in [1.165, 1.54) is 18.5 Å². The van der Waals surface area contributed by atoms with Gasteiger partial charge in [-0.2, -0.15) is 5.10 Å². The van der Waals surface area contributed by atoms with E-state index >= 15 is 0 Å². The summed E-state index contributed by atoms with van der Waals surface area (Å²) in [6.07, 6.45) is 5.61. The SMILES string of the molecule is Cn1ncc(Br)c1C1CCCCO1. The first kappa shape index (κ1) is 9.21. The van der Waals surface area contributed by atoms with Crippen LogP contribution in [0.3, 0.4) is 0 Å². The van der Waals surface area contributed by atoms with Gasteiger partial charge in [0.05, 0.1) is 16.4 Å². The molecule has 0 N–H and O–H groups in total. The molecule has 1 fully saturated rings. The molecule has 0 bridgehead atoms. The lowest BCUT2D eigenvalue weighted by Crippen LogP contribution is -2.15. The van der Waals surface area contributed by atoms with E-state index in [0.717, 1.165) is 17.5 Å². The van der Waals surface area contributed by atoms with Crippen molar-refractivity contribution in [1.82, 2.24) is 9.78 Å². The third-order valence-corrected chi connectivity index (χ3v) is 3.03. The smallest absolute Gasteiger partial charge is 0.100 e. The van der Waals surface area contributed by atoms with Crippen LogP contribution < -0.4 is 0 Å². The van der Waals surface area contributed by atoms with Gasteiger partial charge >= 0.3 is 0 Å². The first-order valence-electron chi connectivity index (χ1n) is 4.58. The number of nitrogens with zero attached hydrogens (tertiary/aromatic N) is 2. The van der Waals surface area contributed by atoms with E-state index in [0.29, 0.717) is 0 Å². The quantitative estimate of drug-likeness (QED) is 0.759. The van der Waals surface area contributed by atoms with Gasteiger partial charge in [0.15, 0.2) is 0 Å². The maximum absolute atomic E-state index is 5.69. The summed E-state index contributed by atoms with van der Waals surface area (Å²) in [5.41, 5.74) is 1.17. The Hall–Kier alpha value is -0.350. The zero-order valence-electron chi connectivity index (χ0n) is 7.66. The highest BCUT2D eigenvalue weighted by Gasteiger charge is 2.21. The van der Waals surface area contributed by atoms with Crippen molar-refractivity contribution in [1.29, 1.82) is 0 Å². The van der Waals surface area contributed by atoms with Gasteiger partial charge in [-0.25, -0.2) is 0 Å². The number of rotatable bonds is 1. The summed E-state index contributed by atoms with van der Waals surface area (Å²) >= 11 is 3.49. The van der Waals surface area contributed by atoms with Crippen molar-refractivity contribution in [3.8, 4) is 0 Å². The van der Waals surface area contributed by atoms with Crippen LogP contribution in [-0.2, 0) is 11.8 Å². The van der Waals surface area contributed by atoms with Crippen molar-refractivity contribution in [2.45, 2.75) is 25.4 Å². The molecule has 72 valence electrons. The van der Waals surface area contributed by atoms with Crippen molar-refractivity contribution in [3.63, 3.8) is 0 Å². The highest BCUT2D eigenvalue weighted by molar-refractivity contribution is 9.10. The van der Waals surface area contributed by atoms with Gasteiger partial charge in [-0.15, -0.1) is 0 Å². The Labute approximate surface area is 86.2 Å². The van der Waals surface area contributed by atoms with E-state index in [9.17, 15) is 0 Å². The van der Waals surface area contributed by atoms with E-state index in [4.69, 9.17) is 4.74 Å². The molecule has 3 nitrogen and oxygen atoms in total.